The molecular weight excluding hydrogens is 263 g/mol. The van der Waals surface area contributed by atoms with E-state index in [1.54, 1.807) is 19.9 Å². The first kappa shape index (κ1) is 14.3. The van der Waals surface area contributed by atoms with Gasteiger partial charge in [0.1, 0.15) is 5.82 Å². The largest absolute Gasteiger partial charge is 0.481 e. The minimum Gasteiger partial charge on any atom is -0.481 e. The van der Waals surface area contributed by atoms with Gasteiger partial charge in [-0.2, -0.15) is 0 Å². The summed E-state index contributed by atoms with van der Waals surface area (Å²) < 4.78 is 13.2. The molecule has 6 heteroatoms. The quantitative estimate of drug-likeness (QED) is 0.873. The van der Waals surface area contributed by atoms with Gasteiger partial charge in [-0.15, -0.1) is 0 Å². The number of urea groups is 1. The summed E-state index contributed by atoms with van der Waals surface area (Å²) >= 11 is 0. The van der Waals surface area contributed by atoms with Crippen LogP contribution in [-0.2, 0) is 4.79 Å². The first-order valence-corrected chi connectivity index (χ1v) is 6.42. The van der Waals surface area contributed by atoms with Gasteiger partial charge in [-0.05, 0) is 36.6 Å². The average molecular weight is 280 g/mol. The topological polar surface area (TPSA) is 69.6 Å². The van der Waals surface area contributed by atoms with E-state index in [0.717, 1.165) is 0 Å². The zero-order valence-electron chi connectivity index (χ0n) is 11.4. The highest BCUT2D eigenvalue weighted by Gasteiger charge is 2.36. The predicted molar refractivity (Wildman–Crippen MR) is 72.0 cm³/mol. The van der Waals surface area contributed by atoms with Gasteiger partial charge in [-0.25, -0.2) is 9.18 Å². The van der Waals surface area contributed by atoms with Gasteiger partial charge in [-0.3, -0.25) is 4.79 Å². The number of hydrogen-bond acceptors (Lipinski definition) is 2. The number of rotatable bonds is 2. The Balaban J connectivity index is 2.04. The fraction of sp³-hybridized carbons (Fsp3) is 0.429. The molecule has 0 aromatic heterocycles. The Morgan fingerprint density at radius 2 is 2.05 bits per heavy atom. The Kier molecular flexibility index (Phi) is 3.92. The molecule has 1 saturated heterocycles. The summed E-state index contributed by atoms with van der Waals surface area (Å²) in [6.45, 7) is 4.10. The number of carbonyl (C=O) groups is 2. The second-order valence-corrected chi connectivity index (χ2v) is 5.27. The van der Waals surface area contributed by atoms with Crippen LogP contribution in [0.25, 0.3) is 0 Å². The van der Waals surface area contributed by atoms with Gasteiger partial charge in [0.15, 0.2) is 0 Å². The van der Waals surface area contributed by atoms with Crippen LogP contribution < -0.4 is 5.32 Å². The normalized spacial score (nSPS) is 21.9. The summed E-state index contributed by atoms with van der Waals surface area (Å²) in [4.78, 5) is 24.5. The fourth-order valence-corrected chi connectivity index (χ4v) is 2.47. The molecule has 1 fully saturated rings. The summed E-state index contributed by atoms with van der Waals surface area (Å²) in [6.07, 6.45) is 0. The van der Waals surface area contributed by atoms with E-state index in [1.165, 1.54) is 17.0 Å². The lowest BCUT2D eigenvalue weighted by atomic mass is 9.99. The van der Waals surface area contributed by atoms with Gasteiger partial charge in [0.25, 0.3) is 0 Å². The number of aryl methyl sites for hydroxylation is 1. The molecule has 0 aliphatic carbocycles. The molecule has 2 amide bonds. The maximum atomic E-state index is 13.2. The summed E-state index contributed by atoms with van der Waals surface area (Å²) in [5, 5.41) is 11.6. The molecule has 2 atom stereocenters. The monoisotopic (exact) mass is 280 g/mol. The van der Waals surface area contributed by atoms with Crippen LogP contribution >= 0.6 is 0 Å². The first-order chi connectivity index (χ1) is 9.36. The van der Waals surface area contributed by atoms with Crippen LogP contribution in [0.1, 0.15) is 12.5 Å². The van der Waals surface area contributed by atoms with Crippen molar-refractivity contribution in [2.75, 3.05) is 18.4 Å². The third-order valence-electron chi connectivity index (χ3n) is 3.51. The Morgan fingerprint density at radius 3 is 2.60 bits per heavy atom. The molecule has 1 aliphatic rings. The Hall–Kier alpha value is -2.11. The molecule has 20 heavy (non-hydrogen) atoms. The van der Waals surface area contributed by atoms with Crippen molar-refractivity contribution in [1.29, 1.82) is 0 Å². The molecule has 108 valence electrons. The van der Waals surface area contributed by atoms with Crippen LogP contribution in [0.2, 0.25) is 0 Å². The molecule has 0 spiro atoms. The van der Waals surface area contributed by atoms with Gasteiger partial charge in [-0.1, -0.05) is 6.92 Å². The molecule has 0 radical (unpaired) electrons. The van der Waals surface area contributed by atoms with Crippen molar-refractivity contribution in [1.82, 2.24) is 4.90 Å². The van der Waals surface area contributed by atoms with E-state index in [1.807, 2.05) is 0 Å². The van der Waals surface area contributed by atoms with Crippen LogP contribution in [0.5, 0.6) is 0 Å². The van der Waals surface area contributed by atoms with Gasteiger partial charge in [0.2, 0.25) is 0 Å². The lowest BCUT2D eigenvalue weighted by molar-refractivity contribution is -0.142. The number of nitrogens with zero attached hydrogens (tertiary/aromatic N) is 1. The summed E-state index contributed by atoms with van der Waals surface area (Å²) in [5.74, 6) is -1.95. The number of benzene rings is 1. The Labute approximate surface area is 116 Å². The van der Waals surface area contributed by atoms with Crippen molar-refractivity contribution in [3.63, 3.8) is 0 Å². The standard InChI is InChI=1S/C14H17FN2O3/c1-8-3-10(15)5-11(4-8)16-14(20)17-6-9(2)12(7-17)13(18)19/h3-5,9,12H,6-7H2,1-2H3,(H,16,20)(H,18,19)/t9-,12-/m1/s1. The molecule has 0 unspecified atom stereocenters. The molecule has 1 aromatic carbocycles. The van der Waals surface area contributed by atoms with Gasteiger partial charge in [0.05, 0.1) is 5.92 Å². The first-order valence-electron chi connectivity index (χ1n) is 6.42. The molecule has 0 saturated carbocycles. The van der Waals surface area contributed by atoms with Crippen molar-refractivity contribution in [3.05, 3.63) is 29.6 Å². The Morgan fingerprint density at radius 1 is 1.35 bits per heavy atom. The zero-order chi connectivity index (χ0) is 14.9. The summed E-state index contributed by atoms with van der Waals surface area (Å²) in [5.41, 5.74) is 1.08. The number of hydrogen-bond donors (Lipinski definition) is 2. The van der Waals surface area contributed by atoms with Crippen molar-refractivity contribution in [3.8, 4) is 0 Å². The minimum absolute atomic E-state index is 0.0903. The second kappa shape index (κ2) is 5.48. The predicted octanol–water partition coefficient (Wildman–Crippen LogP) is 2.32. The second-order valence-electron chi connectivity index (χ2n) is 5.27. The van der Waals surface area contributed by atoms with Crippen molar-refractivity contribution in [2.45, 2.75) is 13.8 Å². The van der Waals surface area contributed by atoms with Crippen LogP contribution in [-0.4, -0.2) is 35.1 Å². The summed E-state index contributed by atoms with van der Waals surface area (Å²) in [6, 6.07) is 3.87. The van der Waals surface area contributed by atoms with Crippen molar-refractivity contribution < 1.29 is 19.1 Å². The van der Waals surface area contributed by atoms with E-state index < -0.39 is 23.7 Å². The lowest BCUT2D eigenvalue weighted by Gasteiger charge is -2.17. The third-order valence-corrected chi connectivity index (χ3v) is 3.51. The number of likely N-dealkylation sites (tertiary alicyclic amines) is 1. The van der Waals surface area contributed by atoms with Crippen molar-refractivity contribution in [2.24, 2.45) is 11.8 Å². The van der Waals surface area contributed by atoms with E-state index in [4.69, 9.17) is 5.11 Å². The van der Waals surface area contributed by atoms with Crippen LogP contribution in [0.3, 0.4) is 0 Å². The smallest absolute Gasteiger partial charge is 0.321 e. The highest BCUT2D eigenvalue weighted by atomic mass is 19.1. The number of carbonyl (C=O) groups excluding carboxylic acids is 1. The third kappa shape index (κ3) is 3.07. The zero-order valence-corrected chi connectivity index (χ0v) is 11.4. The number of aliphatic carboxylic acids is 1. The maximum absolute atomic E-state index is 13.2. The molecule has 2 rings (SSSR count). The maximum Gasteiger partial charge on any atom is 0.321 e. The average Bonchev–Trinajstić information content (AvgIpc) is 2.70. The van der Waals surface area contributed by atoms with E-state index in [-0.39, 0.29) is 12.5 Å². The highest BCUT2D eigenvalue weighted by molar-refractivity contribution is 5.90. The number of halogens is 1. The van der Waals surface area contributed by atoms with E-state index in [0.29, 0.717) is 17.8 Å². The van der Waals surface area contributed by atoms with E-state index in [9.17, 15) is 14.0 Å². The number of nitrogens with one attached hydrogen (secondary N) is 1. The van der Waals surface area contributed by atoms with Crippen molar-refractivity contribution >= 4 is 17.7 Å². The van der Waals surface area contributed by atoms with E-state index in [2.05, 4.69) is 5.32 Å². The van der Waals surface area contributed by atoms with Crippen LogP contribution in [0.4, 0.5) is 14.9 Å². The van der Waals surface area contributed by atoms with Crippen LogP contribution in [0.15, 0.2) is 18.2 Å². The number of anilines is 1. The molecule has 0 bridgehead atoms. The molecule has 5 nitrogen and oxygen atoms in total. The molecule has 2 N–H and O–H groups in total. The molecule has 1 aromatic rings. The fourth-order valence-electron chi connectivity index (χ4n) is 2.47. The van der Waals surface area contributed by atoms with Gasteiger partial charge >= 0.3 is 12.0 Å². The van der Waals surface area contributed by atoms with Gasteiger partial charge < -0.3 is 15.3 Å². The highest BCUT2D eigenvalue weighted by Crippen LogP contribution is 2.24. The lowest BCUT2D eigenvalue weighted by Crippen LogP contribution is -2.33. The van der Waals surface area contributed by atoms with Crippen LogP contribution in [0, 0.1) is 24.6 Å². The molecular formula is C14H17FN2O3. The molecule has 1 heterocycles. The minimum atomic E-state index is -0.894. The number of carboxylic acid groups (broad SMARTS) is 1. The number of carboxylic acids is 1. The molecule has 1 aliphatic heterocycles. The summed E-state index contributed by atoms with van der Waals surface area (Å²) in [7, 11) is 0. The van der Waals surface area contributed by atoms with E-state index >= 15 is 0 Å². The number of amides is 2. The Bertz CT molecular complexity index is 527. The SMILES string of the molecule is Cc1cc(F)cc(NC(=O)N2C[C@@H](C)[C@H](C(=O)O)C2)c1. The van der Waals surface area contributed by atoms with Gasteiger partial charge in [0, 0.05) is 18.8 Å².